The maximum Gasteiger partial charge on any atom is 0.159 e. The molecule has 0 aliphatic carbocycles. The number of fused-ring (bicyclic) bond motifs is 1. The van der Waals surface area contributed by atoms with E-state index in [9.17, 15) is 9.18 Å². The number of carbonyl (C=O) groups excluding carboxylic acids is 1. The van der Waals surface area contributed by atoms with Crippen LogP contribution in [0, 0.1) is 19.7 Å². The Bertz CT molecular complexity index is 1380. The molecular weight excluding hydrogens is 447 g/mol. The molecule has 1 aliphatic heterocycles. The first-order valence-corrected chi connectivity index (χ1v) is 11.8. The van der Waals surface area contributed by atoms with Gasteiger partial charge in [0.1, 0.15) is 11.6 Å². The van der Waals surface area contributed by atoms with E-state index in [0.717, 1.165) is 43.3 Å². The number of nitrogens with one attached hydrogen (secondary N) is 2. The molecule has 0 saturated carbocycles. The van der Waals surface area contributed by atoms with E-state index in [-0.39, 0.29) is 11.6 Å². The minimum Gasteiger partial charge on any atom is -0.385 e. The van der Waals surface area contributed by atoms with Crippen LogP contribution >= 0.6 is 11.8 Å². The molecule has 174 valence electrons. The van der Waals surface area contributed by atoms with Gasteiger partial charge in [0.05, 0.1) is 16.1 Å². The number of ketones is 1. The molecule has 0 radical (unpaired) electrons. The number of allylic oxidation sites excluding steroid dienone is 2. The maximum atomic E-state index is 14.2. The fourth-order valence-electron chi connectivity index (χ4n) is 4.14. The van der Waals surface area contributed by atoms with Crippen LogP contribution in [0.3, 0.4) is 0 Å². The molecule has 0 amide bonds. The van der Waals surface area contributed by atoms with Crippen molar-refractivity contribution in [1.29, 1.82) is 0 Å². The Hall–Kier alpha value is -3.58. The van der Waals surface area contributed by atoms with Crippen LogP contribution in [0.15, 0.2) is 71.0 Å². The molecule has 4 rings (SSSR count). The molecule has 0 atom stereocenters. The third kappa shape index (κ3) is 4.56. The van der Waals surface area contributed by atoms with Crippen molar-refractivity contribution in [3.8, 4) is 0 Å². The lowest BCUT2D eigenvalue weighted by atomic mass is 10.0. The lowest BCUT2D eigenvalue weighted by Gasteiger charge is -2.11. The largest absolute Gasteiger partial charge is 0.385 e. The highest BCUT2D eigenvalue weighted by Gasteiger charge is 2.22. The second-order valence-electron chi connectivity index (χ2n) is 8.20. The predicted octanol–water partition coefficient (Wildman–Crippen LogP) is 5.76. The Balaban J connectivity index is 1.53. The molecule has 1 aliphatic rings. The molecule has 2 heterocycles. The normalized spacial score (nSPS) is 16.1. The summed E-state index contributed by atoms with van der Waals surface area (Å²) in [4.78, 5) is 20.9. The van der Waals surface area contributed by atoms with Crippen molar-refractivity contribution >= 4 is 39.1 Å². The van der Waals surface area contributed by atoms with Gasteiger partial charge in [-0.1, -0.05) is 48.7 Å². The number of H-pyrrole nitrogens is 1. The molecular formula is C27H27FN4OS. The molecule has 4 N–H and O–H groups in total. The van der Waals surface area contributed by atoms with Crippen LogP contribution in [0.1, 0.15) is 39.7 Å². The van der Waals surface area contributed by atoms with Gasteiger partial charge >= 0.3 is 0 Å². The SMILES string of the molecule is C=C/N=C1/C=C(c2ccc(C(C)=O)cc2)S/C1=C(/N)NCCc1c(C)[nH]c2c(F)ccc(C)c12. The van der Waals surface area contributed by atoms with E-state index >= 15 is 0 Å². The van der Waals surface area contributed by atoms with Gasteiger partial charge < -0.3 is 16.0 Å². The van der Waals surface area contributed by atoms with Crippen molar-refractivity contribution in [1.82, 2.24) is 10.3 Å². The fraction of sp³-hybridized carbons (Fsp3) is 0.185. The highest BCUT2D eigenvalue weighted by Crippen LogP contribution is 2.41. The molecule has 0 bridgehead atoms. The van der Waals surface area contributed by atoms with Gasteiger partial charge in [-0.25, -0.2) is 4.39 Å². The van der Waals surface area contributed by atoms with Gasteiger partial charge in [0.15, 0.2) is 5.78 Å². The summed E-state index contributed by atoms with van der Waals surface area (Å²) in [5.74, 6) is 0.315. The molecule has 0 spiro atoms. The van der Waals surface area contributed by atoms with E-state index in [4.69, 9.17) is 5.73 Å². The molecule has 5 nitrogen and oxygen atoms in total. The van der Waals surface area contributed by atoms with E-state index in [0.29, 0.717) is 29.9 Å². The summed E-state index contributed by atoms with van der Waals surface area (Å²) in [5, 5.41) is 4.25. The van der Waals surface area contributed by atoms with E-state index in [1.807, 2.05) is 50.3 Å². The number of hydrogen-bond acceptors (Lipinski definition) is 5. The van der Waals surface area contributed by atoms with Crippen LogP contribution in [0.4, 0.5) is 4.39 Å². The topological polar surface area (TPSA) is 83.3 Å². The van der Waals surface area contributed by atoms with Crippen LogP contribution < -0.4 is 11.1 Å². The second-order valence-corrected chi connectivity index (χ2v) is 9.26. The first-order valence-electron chi connectivity index (χ1n) is 11.0. The number of aromatic nitrogens is 1. The highest BCUT2D eigenvalue weighted by molar-refractivity contribution is 8.13. The number of thioether (sulfide) groups is 1. The zero-order valence-electron chi connectivity index (χ0n) is 19.5. The van der Waals surface area contributed by atoms with E-state index in [1.165, 1.54) is 24.0 Å². The number of aromatic amines is 1. The smallest absolute Gasteiger partial charge is 0.159 e. The van der Waals surface area contributed by atoms with Crippen LogP contribution in [-0.2, 0) is 6.42 Å². The zero-order chi connectivity index (χ0) is 24.4. The number of rotatable bonds is 7. The molecule has 1 aromatic heterocycles. The van der Waals surface area contributed by atoms with Crippen LogP contribution in [0.5, 0.6) is 0 Å². The first kappa shape index (κ1) is 23.6. The Morgan fingerprint density at radius 1 is 1.24 bits per heavy atom. The third-order valence-electron chi connectivity index (χ3n) is 5.88. The third-order valence-corrected chi connectivity index (χ3v) is 7.09. The minimum atomic E-state index is -0.243. The molecule has 0 unspecified atom stereocenters. The number of halogens is 1. The van der Waals surface area contributed by atoms with E-state index in [1.54, 1.807) is 6.92 Å². The molecule has 34 heavy (non-hydrogen) atoms. The van der Waals surface area contributed by atoms with Crippen LogP contribution in [0.2, 0.25) is 0 Å². The van der Waals surface area contributed by atoms with Crippen molar-refractivity contribution in [2.24, 2.45) is 10.7 Å². The summed E-state index contributed by atoms with van der Waals surface area (Å²) in [6, 6.07) is 10.8. The molecule has 2 aromatic carbocycles. The molecule has 7 heteroatoms. The first-order chi connectivity index (χ1) is 16.3. The van der Waals surface area contributed by atoms with Gasteiger partial charge in [-0.2, -0.15) is 0 Å². The number of benzene rings is 2. The summed E-state index contributed by atoms with van der Waals surface area (Å²) in [5.41, 5.74) is 12.5. The lowest BCUT2D eigenvalue weighted by Crippen LogP contribution is -2.25. The molecule has 0 fully saturated rings. The summed E-state index contributed by atoms with van der Waals surface area (Å²) < 4.78 is 14.2. The van der Waals surface area contributed by atoms with Gasteiger partial charge in [0.2, 0.25) is 0 Å². The van der Waals surface area contributed by atoms with Crippen molar-refractivity contribution in [2.45, 2.75) is 27.2 Å². The van der Waals surface area contributed by atoms with Gasteiger partial charge in [-0.15, -0.1) is 0 Å². The number of nitrogens with zero attached hydrogens (tertiary/aromatic N) is 1. The number of carbonyl (C=O) groups is 1. The zero-order valence-corrected chi connectivity index (χ0v) is 20.3. The summed E-state index contributed by atoms with van der Waals surface area (Å²) in [6.07, 6.45) is 4.15. The highest BCUT2D eigenvalue weighted by atomic mass is 32.2. The number of aryl methyl sites for hydroxylation is 2. The number of Topliss-reactive ketones (excluding diaryl/α,β-unsaturated/α-hetero) is 1. The summed E-state index contributed by atoms with van der Waals surface area (Å²) >= 11 is 1.53. The van der Waals surface area contributed by atoms with Crippen molar-refractivity contribution in [3.63, 3.8) is 0 Å². The van der Waals surface area contributed by atoms with Gasteiger partial charge in [-0.3, -0.25) is 9.79 Å². The Kier molecular flexibility index (Phi) is 6.75. The van der Waals surface area contributed by atoms with Gasteiger partial charge in [0, 0.05) is 34.3 Å². The number of nitrogens with two attached hydrogens (primary N) is 1. The second kappa shape index (κ2) is 9.73. The monoisotopic (exact) mass is 474 g/mol. The average Bonchev–Trinajstić information content (AvgIpc) is 3.39. The number of hydrogen-bond donors (Lipinski definition) is 3. The lowest BCUT2D eigenvalue weighted by molar-refractivity contribution is 0.101. The standard InChI is InChI=1S/C27H27FN4OS/c1-5-30-22-14-23(19-9-7-18(8-10-19)17(4)33)34-26(22)27(29)31-13-12-20-16(3)32-25-21(28)11-6-15(2)24(20)25/h5-11,14,31-32H,1,12-13,29H2,2-4H3/b27-26-,30-22-. The van der Waals surface area contributed by atoms with Crippen LogP contribution in [-0.4, -0.2) is 23.0 Å². The van der Waals surface area contributed by atoms with Crippen molar-refractivity contribution in [2.75, 3.05) is 6.54 Å². The Labute approximate surface area is 202 Å². The molecule has 3 aromatic rings. The van der Waals surface area contributed by atoms with E-state index in [2.05, 4.69) is 21.9 Å². The maximum absolute atomic E-state index is 14.2. The average molecular weight is 475 g/mol. The Morgan fingerprint density at radius 2 is 1.97 bits per heavy atom. The number of aliphatic imine (C=N–C) groups is 1. The Morgan fingerprint density at radius 3 is 2.65 bits per heavy atom. The minimum absolute atomic E-state index is 0.0333. The fourth-order valence-corrected chi connectivity index (χ4v) is 5.18. The van der Waals surface area contributed by atoms with Crippen molar-refractivity contribution in [3.05, 3.63) is 99.7 Å². The van der Waals surface area contributed by atoms with Crippen molar-refractivity contribution < 1.29 is 9.18 Å². The quantitative estimate of drug-likeness (QED) is 0.380. The van der Waals surface area contributed by atoms with Gasteiger partial charge in [0.25, 0.3) is 0 Å². The summed E-state index contributed by atoms with van der Waals surface area (Å²) in [7, 11) is 0. The van der Waals surface area contributed by atoms with Gasteiger partial charge in [-0.05, 0) is 56.0 Å². The van der Waals surface area contributed by atoms with E-state index < -0.39 is 0 Å². The predicted molar refractivity (Wildman–Crippen MR) is 140 cm³/mol. The summed E-state index contributed by atoms with van der Waals surface area (Å²) in [6.45, 7) is 9.81. The molecule has 0 saturated heterocycles. The van der Waals surface area contributed by atoms with Crippen LogP contribution in [0.25, 0.3) is 15.8 Å².